The number of nitrogens with one attached hydrogen (secondary N) is 2. The lowest BCUT2D eigenvalue weighted by Crippen LogP contribution is -2.16. The molecular weight excluding hydrogens is 382 g/mol. The highest BCUT2D eigenvalue weighted by Gasteiger charge is 2.16. The van der Waals surface area contributed by atoms with Crippen molar-refractivity contribution in [2.45, 2.75) is 5.16 Å². The first-order valence-electron chi connectivity index (χ1n) is 9.10. The van der Waals surface area contributed by atoms with Crippen LogP contribution < -0.4 is 10.7 Å². The van der Waals surface area contributed by atoms with Crippen molar-refractivity contribution in [3.8, 4) is 11.4 Å². The Labute approximate surface area is 173 Å². The van der Waals surface area contributed by atoms with Gasteiger partial charge in [-0.05, 0) is 24.3 Å². The summed E-state index contributed by atoms with van der Waals surface area (Å²) < 4.78 is 1.81. The number of hydrogen-bond donors (Lipinski definition) is 2. The van der Waals surface area contributed by atoms with E-state index in [0.29, 0.717) is 11.0 Å². The highest BCUT2D eigenvalue weighted by Crippen LogP contribution is 2.24. The van der Waals surface area contributed by atoms with E-state index >= 15 is 0 Å². The first-order valence-corrected chi connectivity index (χ1v) is 10.1. The predicted molar refractivity (Wildman–Crippen MR) is 117 cm³/mol. The third kappa shape index (κ3) is 4.83. The topological polar surface area (TPSA) is 71.8 Å². The van der Waals surface area contributed by atoms with E-state index in [2.05, 4.69) is 20.9 Å². The fourth-order valence-electron chi connectivity index (χ4n) is 2.73. The summed E-state index contributed by atoms with van der Waals surface area (Å²) in [5.74, 6) is 0.801. The largest absolute Gasteiger partial charge is 0.325 e. The van der Waals surface area contributed by atoms with Gasteiger partial charge in [0, 0.05) is 11.3 Å². The van der Waals surface area contributed by atoms with Gasteiger partial charge < -0.3 is 5.32 Å². The standard InChI is InChI=1S/C22H19N5OS/c28-20(23-18-12-6-2-7-13-18)16-29-22-25-24-21(17-10-4-1-5-11-17)27(22)26-19-14-8-3-9-15-19/h1-15,26H,16H2,(H,23,28). The maximum Gasteiger partial charge on any atom is 0.234 e. The van der Waals surface area contributed by atoms with Crippen molar-refractivity contribution in [1.82, 2.24) is 14.9 Å². The van der Waals surface area contributed by atoms with Crippen LogP contribution in [-0.2, 0) is 4.79 Å². The molecule has 1 amide bonds. The van der Waals surface area contributed by atoms with Crippen molar-refractivity contribution in [2.75, 3.05) is 16.5 Å². The molecule has 0 bridgehead atoms. The van der Waals surface area contributed by atoms with Gasteiger partial charge in [0.15, 0.2) is 5.82 Å². The second-order valence-corrected chi connectivity index (χ2v) is 7.13. The van der Waals surface area contributed by atoms with Crippen LogP contribution in [0.15, 0.2) is 96.2 Å². The molecule has 0 aliphatic carbocycles. The monoisotopic (exact) mass is 401 g/mol. The van der Waals surface area contributed by atoms with E-state index in [1.54, 1.807) is 0 Å². The van der Waals surface area contributed by atoms with Crippen molar-refractivity contribution >= 4 is 29.0 Å². The lowest BCUT2D eigenvalue weighted by molar-refractivity contribution is -0.113. The lowest BCUT2D eigenvalue weighted by atomic mass is 10.2. The maximum atomic E-state index is 12.3. The van der Waals surface area contributed by atoms with Crippen LogP contribution >= 0.6 is 11.8 Å². The number of hydrogen-bond acceptors (Lipinski definition) is 5. The lowest BCUT2D eigenvalue weighted by Gasteiger charge is -2.13. The van der Waals surface area contributed by atoms with Crippen molar-refractivity contribution in [3.63, 3.8) is 0 Å². The van der Waals surface area contributed by atoms with Crippen LogP contribution in [0.25, 0.3) is 11.4 Å². The Kier molecular flexibility index (Phi) is 5.87. The first kappa shape index (κ1) is 18.8. The van der Waals surface area contributed by atoms with Crippen molar-refractivity contribution < 1.29 is 4.79 Å². The molecule has 144 valence electrons. The number of rotatable bonds is 7. The number of benzene rings is 3. The minimum absolute atomic E-state index is 0.100. The minimum atomic E-state index is -0.100. The smallest absolute Gasteiger partial charge is 0.234 e. The maximum absolute atomic E-state index is 12.3. The van der Waals surface area contributed by atoms with Gasteiger partial charge in [-0.2, -0.15) is 0 Å². The second kappa shape index (κ2) is 9.07. The summed E-state index contributed by atoms with van der Waals surface area (Å²) in [7, 11) is 0. The minimum Gasteiger partial charge on any atom is -0.325 e. The quantitative estimate of drug-likeness (QED) is 0.445. The normalized spacial score (nSPS) is 10.5. The molecule has 0 atom stereocenters. The van der Waals surface area contributed by atoms with Crippen LogP contribution in [0.2, 0.25) is 0 Å². The number of aromatic nitrogens is 3. The number of anilines is 2. The van der Waals surface area contributed by atoms with E-state index in [1.807, 2.05) is 95.7 Å². The van der Waals surface area contributed by atoms with Gasteiger partial charge in [-0.3, -0.25) is 10.2 Å². The number of carbonyl (C=O) groups excluding carboxylic acids is 1. The van der Waals surface area contributed by atoms with Crippen molar-refractivity contribution in [2.24, 2.45) is 0 Å². The summed E-state index contributed by atoms with van der Waals surface area (Å²) in [6.07, 6.45) is 0. The Morgan fingerprint density at radius 2 is 1.38 bits per heavy atom. The van der Waals surface area contributed by atoms with Gasteiger partial charge in [-0.1, -0.05) is 78.5 Å². The van der Waals surface area contributed by atoms with E-state index < -0.39 is 0 Å². The molecule has 0 radical (unpaired) electrons. The molecule has 7 heteroatoms. The zero-order chi connectivity index (χ0) is 19.9. The Morgan fingerprint density at radius 3 is 2.03 bits per heavy atom. The molecule has 2 N–H and O–H groups in total. The average molecular weight is 401 g/mol. The van der Waals surface area contributed by atoms with Gasteiger partial charge >= 0.3 is 0 Å². The van der Waals surface area contributed by atoms with Crippen LogP contribution in [-0.4, -0.2) is 26.5 Å². The Balaban J connectivity index is 1.54. The molecule has 0 aliphatic rings. The van der Waals surface area contributed by atoms with Gasteiger partial charge in [0.05, 0.1) is 11.4 Å². The fraction of sp³-hybridized carbons (Fsp3) is 0.0455. The van der Waals surface area contributed by atoms with E-state index in [1.165, 1.54) is 11.8 Å². The third-order valence-electron chi connectivity index (χ3n) is 4.07. The summed E-state index contributed by atoms with van der Waals surface area (Å²) in [5, 5.41) is 12.1. The van der Waals surface area contributed by atoms with E-state index in [-0.39, 0.29) is 11.7 Å². The van der Waals surface area contributed by atoms with Crippen molar-refractivity contribution in [1.29, 1.82) is 0 Å². The number of para-hydroxylation sites is 2. The summed E-state index contributed by atoms with van der Waals surface area (Å²) in [5.41, 5.74) is 5.94. The molecule has 4 aromatic rings. The summed E-state index contributed by atoms with van der Waals surface area (Å²) in [4.78, 5) is 12.3. The van der Waals surface area contributed by atoms with E-state index in [0.717, 1.165) is 16.9 Å². The highest BCUT2D eigenvalue weighted by molar-refractivity contribution is 7.99. The Hall–Kier alpha value is -3.58. The van der Waals surface area contributed by atoms with Gasteiger partial charge in [0.2, 0.25) is 11.1 Å². The molecule has 4 rings (SSSR count). The van der Waals surface area contributed by atoms with Crippen LogP contribution in [0, 0.1) is 0 Å². The Morgan fingerprint density at radius 1 is 0.793 bits per heavy atom. The molecule has 0 spiro atoms. The summed E-state index contributed by atoms with van der Waals surface area (Å²) in [6, 6.07) is 29.0. The molecule has 29 heavy (non-hydrogen) atoms. The summed E-state index contributed by atoms with van der Waals surface area (Å²) in [6.45, 7) is 0. The average Bonchev–Trinajstić information content (AvgIpc) is 3.17. The van der Waals surface area contributed by atoms with Gasteiger partial charge in [-0.25, -0.2) is 4.68 Å². The predicted octanol–water partition coefficient (Wildman–Crippen LogP) is 4.55. The Bertz CT molecular complexity index is 1070. The van der Waals surface area contributed by atoms with Gasteiger partial charge in [-0.15, -0.1) is 10.2 Å². The number of nitrogens with zero attached hydrogens (tertiary/aromatic N) is 3. The zero-order valence-corrected chi connectivity index (χ0v) is 16.3. The third-order valence-corrected chi connectivity index (χ3v) is 5.00. The molecule has 0 fully saturated rings. The molecular formula is C22H19N5OS. The SMILES string of the molecule is O=C(CSc1nnc(-c2ccccc2)n1Nc1ccccc1)Nc1ccccc1. The molecule has 0 unspecified atom stereocenters. The van der Waals surface area contributed by atoms with Crippen LogP contribution in [0.5, 0.6) is 0 Å². The molecule has 6 nitrogen and oxygen atoms in total. The molecule has 1 heterocycles. The van der Waals surface area contributed by atoms with Crippen LogP contribution in [0.1, 0.15) is 0 Å². The van der Waals surface area contributed by atoms with E-state index in [4.69, 9.17) is 0 Å². The molecule has 0 saturated heterocycles. The van der Waals surface area contributed by atoms with Crippen molar-refractivity contribution in [3.05, 3.63) is 91.0 Å². The first-order chi connectivity index (χ1) is 14.3. The van der Waals surface area contributed by atoms with Gasteiger partial charge in [0.1, 0.15) is 0 Å². The zero-order valence-electron chi connectivity index (χ0n) is 15.5. The van der Waals surface area contributed by atoms with Crippen LogP contribution in [0.3, 0.4) is 0 Å². The molecule has 1 aromatic heterocycles. The highest BCUT2D eigenvalue weighted by atomic mass is 32.2. The second-order valence-electron chi connectivity index (χ2n) is 6.19. The number of amides is 1. The van der Waals surface area contributed by atoms with Crippen LogP contribution in [0.4, 0.5) is 11.4 Å². The molecule has 3 aromatic carbocycles. The fourth-order valence-corrected chi connectivity index (χ4v) is 3.42. The molecule has 0 aliphatic heterocycles. The number of carbonyl (C=O) groups is 1. The van der Waals surface area contributed by atoms with E-state index in [9.17, 15) is 4.79 Å². The van der Waals surface area contributed by atoms with Gasteiger partial charge in [0.25, 0.3) is 0 Å². The number of thioether (sulfide) groups is 1. The molecule has 0 saturated carbocycles. The summed E-state index contributed by atoms with van der Waals surface area (Å²) >= 11 is 1.32.